The maximum Gasteiger partial charge on any atom is 0.360 e. The molecule has 0 amide bonds. The van der Waals surface area contributed by atoms with Crippen LogP contribution in [-0.4, -0.2) is 37.1 Å². The number of rotatable bonds is 6. The van der Waals surface area contributed by atoms with Crippen molar-refractivity contribution in [1.82, 2.24) is 24.5 Å². The lowest BCUT2D eigenvalue weighted by Crippen LogP contribution is -2.13. The first-order valence-electron chi connectivity index (χ1n) is 6.36. The predicted octanol–water partition coefficient (Wildman–Crippen LogP) is 1.46. The highest BCUT2D eigenvalue weighted by molar-refractivity contribution is 6.17. The van der Waals surface area contributed by atoms with Crippen LogP contribution in [0.25, 0.3) is 0 Å². The van der Waals surface area contributed by atoms with Gasteiger partial charge in [-0.05, 0) is 13.8 Å². The monoisotopic (exact) mass is 297 g/mol. The summed E-state index contributed by atoms with van der Waals surface area (Å²) in [6.45, 7) is 5.27. The Morgan fingerprint density at radius 1 is 1.45 bits per heavy atom. The molecular weight excluding hydrogens is 282 g/mol. The fourth-order valence-electron chi connectivity index (χ4n) is 1.86. The van der Waals surface area contributed by atoms with Crippen molar-refractivity contribution in [1.29, 1.82) is 0 Å². The summed E-state index contributed by atoms with van der Waals surface area (Å²) in [5.41, 5.74) is 0.701. The fourth-order valence-corrected chi connectivity index (χ4v) is 2.13. The Balaban J connectivity index is 2.27. The van der Waals surface area contributed by atoms with Crippen LogP contribution < -0.4 is 0 Å². The number of halogens is 1. The number of hydrogen-bond acceptors (Lipinski definition) is 5. The summed E-state index contributed by atoms with van der Waals surface area (Å²) in [5.74, 6) is 0.459. The van der Waals surface area contributed by atoms with E-state index in [0.717, 1.165) is 12.4 Å². The molecule has 0 spiro atoms. The highest BCUT2D eigenvalue weighted by Crippen LogP contribution is 2.12. The molecule has 0 N–H and O–H groups in total. The summed E-state index contributed by atoms with van der Waals surface area (Å²) in [4.78, 5) is 16.0. The molecule has 0 aliphatic carbocycles. The fraction of sp³-hybridized carbons (Fsp3) is 0.500. The van der Waals surface area contributed by atoms with Gasteiger partial charge >= 0.3 is 5.97 Å². The van der Waals surface area contributed by atoms with Gasteiger partial charge in [-0.3, -0.25) is 0 Å². The molecule has 0 aliphatic heterocycles. The Kier molecular flexibility index (Phi) is 4.73. The van der Waals surface area contributed by atoms with Gasteiger partial charge in [-0.25, -0.2) is 14.5 Å². The second-order valence-corrected chi connectivity index (χ2v) is 4.29. The maximum absolute atomic E-state index is 11.7. The molecule has 0 radical (unpaired) electrons. The van der Waals surface area contributed by atoms with Crippen LogP contribution in [0, 0.1) is 0 Å². The van der Waals surface area contributed by atoms with Crippen molar-refractivity contribution in [3.8, 4) is 0 Å². The number of aromatic nitrogens is 5. The van der Waals surface area contributed by atoms with E-state index in [1.165, 1.54) is 0 Å². The lowest BCUT2D eigenvalue weighted by molar-refractivity contribution is 0.0518. The molecule has 0 saturated heterocycles. The van der Waals surface area contributed by atoms with Gasteiger partial charge in [0.15, 0.2) is 5.69 Å². The summed E-state index contributed by atoms with van der Waals surface area (Å²) in [5, 5.41) is 7.83. The van der Waals surface area contributed by atoms with Crippen molar-refractivity contribution < 1.29 is 9.53 Å². The molecule has 0 bridgehead atoms. The molecule has 0 aromatic carbocycles. The van der Waals surface area contributed by atoms with Crippen LogP contribution in [-0.2, 0) is 23.7 Å². The molecule has 7 nitrogen and oxygen atoms in total. The summed E-state index contributed by atoms with van der Waals surface area (Å²) in [7, 11) is 0. The van der Waals surface area contributed by atoms with Crippen LogP contribution in [0.5, 0.6) is 0 Å². The molecule has 108 valence electrons. The van der Waals surface area contributed by atoms with E-state index in [1.807, 2.05) is 17.7 Å². The normalized spacial score (nSPS) is 10.8. The van der Waals surface area contributed by atoms with E-state index in [2.05, 4.69) is 15.3 Å². The first-order chi connectivity index (χ1) is 9.71. The standard InChI is InChI=1S/C12H16ClN5O2/c1-3-17-6-5-14-10(17)8-18-9(7-13)11(15-16-18)12(19)20-4-2/h5-6H,3-4,7-8H2,1-2H3. The zero-order valence-corrected chi connectivity index (χ0v) is 12.2. The van der Waals surface area contributed by atoms with Crippen molar-refractivity contribution in [3.05, 3.63) is 29.6 Å². The minimum atomic E-state index is -0.506. The third kappa shape index (κ3) is 2.82. The van der Waals surface area contributed by atoms with Gasteiger partial charge in [-0.1, -0.05) is 5.21 Å². The maximum atomic E-state index is 11.7. The molecule has 2 aromatic heterocycles. The molecule has 2 aromatic rings. The number of carbonyl (C=O) groups is 1. The van der Waals surface area contributed by atoms with E-state index in [4.69, 9.17) is 16.3 Å². The van der Waals surface area contributed by atoms with Gasteiger partial charge in [-0.15, -0.1) is 16.7 Å². The molecule has 8 heteroatoms. The van der Waals surface area contributed by atoms with Crippen LogP contribution in [0.1, 0.15) is 35.9 Å². The van der Waals surface area contributed by atoms with Crippen molar-refractivity contribution in [2.75, 3.05) is 6.61 Å². The smallest absolute Gasteiger partial charge is 0.360 e. The van der Waals surface area contributed by atoms with E-state index < -0.39 is 5.97 Å². The van der Waals surface area contributed by atoms with Gasteiger partial charge < -0.3 is 9.30 Å². The van der Waals surface area contributed by atoms with Crippen molar-refractivity contribution in [2.45, 2.75) is 32.8 Å². The van der Waals surface area contributed by atoms with Crippen LogP contribution in [0.3, 0.4) is 0 Å². The number of esters is 1. The molecule has 0 unspecified atom stereocenters. The van der Waals surface area contributed by atoms with Gasteiger partial charge in [0.1, 0.15) is 12.4 Å². The highest BCUT2D eigenvalue weighted by atomic mass is 35.5. The lowest BCUT2D eigenvalue weighted by Gasteiger charge is -2.07. The average molecular weight is 298 g/mol. The minimum Gasteiger partial charge on any atom is -0.461 e. The molecule has 2 heterocycles. The number of hydrogen-bond donors (Lipinski definition) is 0. The Labute approximate surface area is 121 Å². The highest BCUT2D eigenvalue weighted by Gasteiger charge is 2.20. The molecule has 20 heavy (non-hydrogen) atoms. The van der Waals surface area contributed by atoms with E-state index in [-0.39, 0.29) is 18.2 Å². The SMILES string of the molecule is CCOC(=O)c1nnn(Cc2nccn2CC)c1CCl. The van der Waals surface area contributed by atoms with Crippen LogP contribution in [0.15, 0.2) is 12.4 Å². The second kappa shape index (κ2) is 6.51. The van der Waals surface area contributed by atoms with Gasteiger partial charge in [0.05, 0.1) is 18.2 Å². The number of nitrogens with zero attached hydrogens (tertiary/aromatic N) is 5. The summed E-state index contributed by atoms with van der Waals surface area (Å²) in [6, 6.07) is 0. The zero-order chi connectivity index (χ0) is 14.5. The van der Waals surface area contributed by atoms with E-state index in [1.54, 1.807) is 17.8 Å². The summed E-state index contributed by atoms with van der Waals surface area (Å²) < 4.78 is 8.50. The van der Waals surface area contributed by atoms with Crippen molar-refractivity contribution >= 4 is 17.6 Å². The summed E-state index contributed by atoms with van der Waals surface area (Å²) in [6.07, 6.45) is 3.61. The van der Waals surface area contributed by atoms with Crippen LogP contribution in [0.4, 0.5) is 0 Å². The first kappa shape index (κ1) is 14.5. The Hall–Kier alpha value is -1.89. The number of imidazole rings is 1. The Morgan fingerprint density at radius 2 is 2.25 bits per heavy atom. The molecule has 0 aliphatic rings. The summed E-state index contributed by atoms with van der Waals surface area (Å²) >= 11 is 5.90. The van der Waals surface area contributed by atoms with Gasteiger partial charge in [0, 0.05) is 18.9 Å². The van der Waals surface area contributed by atoms with Gasteiger partial charge in [-0.2, -0.15) is 0 Å². The molecule has 2 rings (SSSR count). The largest absolute Gasteiger partial charge is 0.461 e. The Morgan fingerprint density at radius 3 is 2.90 bits per heavy atom. The first-order valence-corrected chi connectivity index (χ1v) is 6.90. The van der Waals surface area contributed by atoms with E-state index in [0.29, 0.717) is 12.2 Å². The third-order valence-corrected chi connectivity index (χ3v) is 3.12. The zero-order valence-electron chi connectivity index (χ0n) is 11.4. The number of ether oxygens (including phenoxy) is 1. The van der Waals surface area contributed by atoms with Gasteiger partial charge in [0.25, 0.3) is 0 Å². The number of alkyl halides is 1. The third-order valence-electron chi connectivity index (χ3n) is 2.87. The average Bonchev–Trinajstić information content (AvgIpc) is 3.05. The molecule has 0 fully saturated rings. The van der Waals surface area contributed by atoms with Crippen molar-refractivity contribution in [2.24, 2.45) is 0 Å². The van der Waals surface area contributed by atoms with Gasteiger partial charge in [0.2, 0.25) is 0 Å². The van der Waals surface area contributed by atoms with E-state index in [9.17, 15) is 4.79 Å². The van der Waals surface area contributed by atoms with E-state index >= 15 is 0 Å². The second-order valence-electron chi connectivity index (χ2n) is 4.03. The molecule has 0 atom stereocenters. The molecule has 0 saturated carbocycles. The number of aryl methyl sites for hydroxylation is 1. The van der Waals surface area contributed by atoms with Crippen LogP contribution in [0.2, 0.25) is 0 Å². The van der Waals surface area contributed by atoms with Crippen LogP contribution >= 0.6 is 11.6 Å². The lowest BCUT2D eigenvalue weighted by atomic mass is 10.3. The predicted molar refractivity (Wildman–Crippen MR) is 72.5 cm³/mol. The minimum absolute atomic E-state index is 0.133. The topological polar surface area (TPSA) is 74.8 Å². The number of carbonyl (C=O) groups excluding carboxylic acids is 1. The Bertz CT molecular complexity index is 592. The van der Waals surface area contributed by atoms with Crippen molar-refractivity contribution in [3.63, 3.8) is 0 Å². The quantitative estimate of drug-likeness (QED) is 0.596. The molecular formula is C12H16ClN5O2.